The van der Waals surface area contributed by atoms with Crippen LogP contribution in [-0.2, 0) is 11.4 Å². The predicted molar refractivity (Wildman–Crippen MR) is 90.4 cm³/mol. The smallest absolute Gasteiger partial charge is 0.261 e. The van der Waals surface area contributed by atoms with E-state index in [0.717, 1.165) is 25.2 Å². The molecular weight excluding hydrogens is 292 g/mol. The lowest BCUT2D eigenvalue weighted by molar-refractivity contribution is -0.128. The third-order valence-corrected chi connectivity index (χ3v) is 4.13. The van der Waals surface area contributed by atoms with E-state index in [4.69, 9.17) is 9.84 Å². The van der Waals surface area contributed by atoms with Crippen molar-refractivity contribution in [2.24, 2.45) is 0 Å². The molecule has 1 aliphatic rings. The van der Waals surface area contributed by atoms with Gasteiger partial charge in [-0.25, -0.2) is 0 Å². The third-order valence-electron chi connectivity index (χ3n) is 4.13. The van der Waals surface area contributed by atoms with Gasteiger partial charge in [0.2, 0.25) is 0 Å². The number of aliphatic hydroxyl groups excluding tert-OH is 1. The molecule has 128 valence electrons. The van der Waals surface area contributed by atoms with Gasteiger partial charge in [0.25, 0.3) is 5.91 Å². The topological polar surface area (TPSA) is 61.8 Å². The number of carbonyl (C=O) groups excluding carboxylic acids is 1. The van der Waals surface area contributed by atoms with Gasteiger partial charge in [-0.1, -0.05) is 18.6 Å². The minimum absolute atomic E-state index is 0.0371. The van der Waals surface area contributed by atoms with E-state index in [1.54, 1.807) is 19.1 Å². The number of hydrogen-bond acceptors (Lipinski definition) is 4. The number of ether oxygens (including phenoxy) is 1. The highest BCUT2D eigenvalue weighted by atomic mass is 16.5. The molecule has 0 bridgehead atoms. The number of aliphatic hydroxyl groups is 1. The van der Waals surface area contributed by atoms with E-state index in [9.17, 15) is 4.79 Å². The van der Waals surface area contributed by atoms with Gasteiger partial charge in [-0.3, -0.25) is 4.79 Å². The Morgan fingerprint density at radius 1 is 1.30 bits per heavy atom. The number of hydrogen-bond donors (Lipinski definition) is 2. The normalized spacial score (nSPS) is 18.2. The number of likely N-dealkylation sites (tertiary alicyclic amines) is 1. The molecule has 1 aromatic carbocycles. The van der Waals surface area contributed by atoms with Crippen molar-refractivity contribution >= 4 is 5.91 Å². The molecule has 0 spiro atoms. The van der Waals surface area contributed by atoms with E-state index >= 15 is 0 Å². The standard InChI is InChI=1S/C18H28N2O3/c1-14(12-20-9-4-3-5-10-20)19-18(22)15(2)23-17-8-6-7-16(11-17)13-21/h6-8,11,14-15,21H,3-5,9-10,12-13H2,1-2H3,(H,19,22). The highest BCUT2D eigenvalue weighted by molar-refractivity contribution is 5.81. The Morgan fingerprint density at radius 3 is 2.74 bits per heavy atom. The molecule has 1 heterocycles. The number of carbonyl (C=O) groups is 1. The van der Waals surface area contributed by atoms with Crippen molar-refractivity contribution in [3.8, 4) is 5.75 Å². The zero-order valence-corrected chi connectivity index (χ0v) is 14.1. The molecule has 2 rings (SSSR count). The molecule has 5 nitrogen and oxygen atoms in total. The van der Waals surface area contributed by atoms with Crippen molar-refractivity contribution < 1.29 is 14.6 Å². The molecular formula is C18H28N2O3. The summed E-state index contributed by atoms with van der Waals surface area (Å²) in [7, 11) is 0. The van der Waals surface area contributed by atoms with Crippen LogP contribution in [0.4, 0.5) is 0 Å². The second kappa shape index (κ2) is 8.89. The van der Waals surface area contributed by atoms with Gasteiger partial charge in [0, 0.05) is 12.6 Å². The Kier molecular flexibility index (Phi) is 6.86. The van der Waals surface area contributed by atoms with E-state index in [1.165, 1.54) is 19.3 Å². The zero-order chi connectivity index (χ0) is 16.7. The summed E-state index contributed by atoms with van der Waals surface area (Å²) in [4.78, 5) is 14.7. The van der Waals surface area contributed by atoms with Gasteiger partial charge in [-0.15, -0.1) is 0 Å². The number of amides is 1. The molecule has 2 N–H and O–H groups in total. The molecule has 1 aromatic rings. The average Bonchev–Trinajstić information content (AvgIpc) is 2.55. The second-order valence-corrected chi connectivity index (χ2v) is 6.34. The van der Waals surface area contributed by atoms with E-state index in [2.05, 4.69) is 10.2 Å². The van der Waals surface area contributed by atoms with E-state index in [-0.39, 0.29) is 18.6 Å². The Hall–Kier alpha value is -1.59. The zero-order valence-electron chi connectivity index (χ0n) is 14.1. The summed E-state index contributed by atoms with van der Waals surface area (Å²) in [6.45, 7) is 6.88. The molecule has 1 saturated heterocycles. The van der Waals surface area contributed by atoms with Gasteiger partial charge >= 0.3 is 0 Å². The lowest BCUT2D eigenvalue weighted by Crippen LogP contribution is -2.47. The first-order valence-corrected chi connectivity index (χ1v) is 8.47. The molecule has 1 fully saturated rings. The lowest BCUT2D eigenvalue weighted by atomic mass is 10.1. The van der Waals surface area contributed by atoms with Crippen LogP contribution in [0.5, 0.6) is 5.75 Å². The monoisotopic (exact) mass is 320 g/mol. The van der Waals surface area contributed by atoms with Gasteiger partial charge in [0.15, 0.2) is 6.10 Å². The highest BCUT2D eigenvalue weighted by Gasteiger charge is 2.19. The maximum Gasteiger partial charge on any atom is 0.261 e. The Morgan fingerprint density at radius 2 is 2.04 bits per heavy atom. The molecule has 0 saturated carbocycles. The van der Waals surface area contributed by atoms with Crippen LogP contribution in [0.1, 0.15) is 38.7 Å². The molecule has 5 heteroatoms. The van der Waals surface area contributed by atoms with Crippen LogP contribution in [0.2, 0.25) is 0 Å². The van der Waals surface area contributed by atoms with E-state index in [1.807, 2.05) is 19.1 Å². The quantitative estimate of drug-likeness (QED) is 0.806. The Labute approximate surface area is 138 Å². The van der Waals surface area contributed by atoms with Gasteiger partial charge in [0.05, 0.1) is 6.61 Å². The summed E-state index contributed by atoms with van der Waals surface area (Å²) in [5.41, 5.74) is 0.772. The van der Waals surface area contributed by atoms with Crippen molar-refractivity contribution in [3.63, 3.8) is 0 Å². The van der Waals surface area contributed by atoms with Crippen LogP contribution in [0.3, 0.4) is 0 Å². The molecule has 2 unspecified atom stereocenters. The van der Waals surface area contributed by atoms with Crippen molar-refractivity contribution in [1.82, 2.24) is 10.2 Å². The Balaban J connectivity index is 1.79. The fraction of sp³-hybridized carbons (Fsp3) is 0.611. The maximum atomic E-state index is 12.2. The minimum atomic E-state index is -0.562. The third kappa shape index (κ3) is 5.84. The number of benzene rings is 1. The minimum Gasteiger partial charge on any atom is -0.481 e. The predicted octanol–water partition coefficient (Wildman–Crippen LogP) is 1.94. The lowest BCUT2D eigenvalue weighted by Gasteiger charge is -2.29. The second-order valence-electron chi connectivity index (χ2n) is 6.34. The SMILES string of the molecule is CC(CN1CCCCC1)NC(=O)C(C)Oc1cccc(CO)c1. The average molecular weight is 320 g/mol. The number of nitrogens with one attached hydrogen (secondary N) is 1. The van der Waals surface area contributed by atoms with Crippen LogP contribution in [0, 0.1) is 0 Å². The molecule has 2 atom stereocenters. The molecule has 1 aliphatic heterocycles. The summed E-state index contributed by atoms with van der Waals surface area (Å²) in [5, 5.41) is 12.2. The number of rotatable bonds is 7. The highest BCUT2D eigenvalue weighted by Crippen LogP contribution is 2.15. The van der Waals surface area contributed by atoms with Crippen LogP contribution in [0.15, 0.2) is 24.3 Å². The van der Waals surface area contributed by atoms with Crippen LogP contribution in [0.25, 0.3) is 0 Å². The van der Waals surface area contributed by atoms with Gasteiger partial charge in [-0.05, 0) is 57.5 Å². The molecule has 1 amide bonds. The summed E-state index contributed by atoms with van der Waals surface area (Å²) in [6.07, 6.45) is 3.25. The summed E-state index contributed by atoms with van der Waals surface area (Å²) in [6, 6.07) is 7.28. The van der Waals surface area contributed by atoms with Crippen molar-refractivity contribution in [1.29, 1.82) is 0 Å². The van der Waals surface area contributed by atoms with Crippen LogP contribution in [-0.4, -0.2) is 47.7 Å². The molecule has 0 aromatic heterocycles. The summed E-state index contributed by atoms with van der Waals surface area (Å²) >= 11 is 0. The number of nitrogens with zero attached hydrogens (tertiary/aromatic N) is 1. The maximum absolute atomic E-state index is 12.2. The molecule has 0 aliphatic carbocycles. The van der Waals surface area contributed by atoms with Gasteiger partial charge in [0.1, 0.15) is 5.75 Å². The van der Waals surface area contributed by atoms with E-state index < -0.39 is 6.10 Å². The fourth-order valence-corrected chi connectivity index (χ4v) is 2.91. The van der Waals surface area contributed by atoms with Crippen molar-refractivity contribution in [2.45, 2.75) is 51.9 Å². The van der Waals surface area contributed by atoms with Crippen molar-refractivity contribution in [2.75, 3.05) is 19.6 Å². The summed E-state index contributed by atoms with van der Waals surface area (Å²) in [5.74, 6) is 0.492. The van der Waals surface area contributed by atoms with Crippen LogP contribution >= 0.6 is 0 Å². The molecule has 23 heavy (non-hydrogen) atoms. The van der Waals surface area contributed by atoms with E-state index in [0.29, 0.717) is 5.75 Å². The molecule has 0 radical (unpaired) electrons. The largest absolute Gasteiger partial charge is 0.481 e. The first-order valence-electron chi connectivity index (χ1n) is 8.47. The van der Waals surface area contributed by atoms with Gasteiger partial charge in [-0.2, -0.15) is 0 Å². The number of piperidine rings is 1. The first kappa shape index (κ1) is 17.8. The summed E-state index contributed by atoms with van der Waals surface area (Å²) < 4.78 is 5.67. The first-order chi connectivity index (χ1) is 11.1. The van der Waals surface area contributed by atoms with Gasteiger partial charge < -0.3 is 20.1 Å². The fourth-order valence-electron chi connectivity index (χ4n) is 2.91. The van der Waals surface area contributed by atoms with Crippen molar-refractivity contribution in [3.05, 3.63) is 29.8 Å². The Bertz CT molecular complexity index is 501. The van der Waals surface area contributed by atoms with Crippen LogP contribution < -0.4 is 10.1 Å².